The number of ether oxygens (including phenoxy) is 2. The molecule has 0 fully saturated rings. The molecule has 5 heteroatoms. The van der Waals surface area contributed by atoms with Crippen LogP contribution in [0.5, 0.6) is 11.5 Å². The van der Waals surface area contributed by atoms with Gasteiger partial charge in [0.25, 0.3) is 5.91 Å². The molecule has 4 rings (SSSR count). The van der Waals surface area contributed by atoms with Crippen LogP contribution in [0.3, 0.4) is 0 Å². The summed E-state index contributed by atoms with van der Waals surface area (Å²) in [5.74, 6) is 1.29. The average Bonchev–Trinajstić information content (AvgIpc) is 3.15. The lowest BCUT2D eigenvalue weighted by molar-refractivity contribution is -0.141. The number of aryl methyl sites for hydroxylation is 1. The maximum absolute atomic E-state index is 13.3. The number of amides is 1. The highest BCUT2D eigenvalue weighted by Crippen LogP contribution is 2.31. The Labute approximate surface area is 169 Å². The van der Waals surface area contributed by atoms with Crippen molar-refractivity contribution < 1.29 is 14.3 Å². The van der Waals surface area contributed by atoms with E-state index in [1.807, 2.05) is 47.4 Å². The normalized spacial score (nSPS) is 15.2. The van der Waals surface area contributed by atoms with Crippen molar-refractivity contribution in [2.24, 2.45) is 0 Å². The van der Waals surface area contributed by atoms with Gasteiger partial charge in [0.15, 0.2) is 11.5 Å². The van der Waals surface area contributed by atoms with Gasteiger partial charge in [-0.1, -0.05) is 42.5 Å². The van der Waals surface area contributed by atoms with Crippen molar-refractivity contribution in [2.45, 2.75) is 26.0 Å². The number of fused-ring (bicyclic) bond motifs is 1. The van der Waals surface area contributed by atoms with Gasteiger partial charge in [-0.15, -0.1) is 11.3 Å². The maximum Gasteiger partial charge on any atom is 0.267 e. The van der Waals surface area contributed by atoms with Crippen LogP contribution >= 0.6 is 11.3 Å². The molecule has 0 N–H and O–H groups in total. The zero-order valence-corrected chi connectivity index (χ0v) is 16.7. The zero-order valence-electron chi connectivity index (χ0n) is 15.8. The minimum atomic E-state index is -0.619. The van der Waals surface area contributed by atoms with Gasteiger partial charge in [-0.2, -0.15) is 0 Å². The van der Waals surface area contributed by atoms with Crippen LogP contribution in [0, 0.1) is 6.92 Å². The van der Waals surface area contributed by atoms with E-state index in [1.54, 1.807) is 11.3 Å². The fourth-order valence-corrected chi connectivity index (χ4v) is 4.19. The number of rotatable bonds is 6. The van der Waals surface area contributed by atoms with Gasteiger partial charge in [0.05, 0.1) is 6.54 Å². The minimum absolute atomic E-state index is 0.0310. The summed E-state index contributed by atoms with van der Waals surface area (Å²) in [6.07, 6.45) is 0.188. The van der Waals surface area contributed by atoms with Gasteiger partial charge < -0.3 is 14.4 Å². The molecule has 1 aliphatic heterocycles. The summed E-state index contributed by atoms with van der Waals surface area (Å²) in [5, 5.41) is 0. The van der Waals surface area contributed by atoms with Crippen LogP contribution in [0.1, 0.15) is 15.3 Å². The molecule has 1 aromatic heterocycles. The zero-order chi connectivity index (χ0) is 19.3. The average molecular weight is 394 g/mol. The highest BCUT2D eigenvalue weighted by atomic mass is 32.1. The Morgan fingerprint density at radius 3 is 2.54 bits per heavy atom. The second kappa shape index (κ2) is 8.48. The van der Waals surface area contributed by atoms with Crippen LogP contribution in [0.25, 0.3) is 0 Å². The molecule has 144 valence electrons. The Morgan fingerprint density at radius 1 is 1.04 bits per heavy atom. The summed E-state index contributed by atoms with van der Waals surface area (Å²) in [6, 6.07) is 21.9. The molecule has 2 aromatic carbocycles. The summed E-state index contributed by atoms with van der Waals surface area (Å²) >= 11 is 1.72. The van der Waals surface area contributed by atoms with Crippen LogP contribution in [0.15, 0.2) is 66.7 Å². The van der Waals surface area contributed by atoms with E-state index in [9.17, 15) is 4.79 Å². The number of benzene rings is 2. The summed E-state index contributed by atoms with van der Waals surface area (Å²) in [7, 11) is 0. The quantitative estimate of drug-likeness (QED) is 0.620. The molecular weight excluding hydrogens is 370 g/mol. The SMILES string of the molecule is Cc1ccc(CN(CCc2ccccc2)C(=O)[C@@H]2COc3ccccc3O2)s1. The summed E-state index contributed by atoms with van der Waals surface area (Å²) in [5.41, 5.74) is 1.22. The third kappa shape index (κ3) is 4.37. The van der Waals surface area contributed by atoms with E-state index >= 15 is 0 Å². The van der Waals surface area contributed by atoms with Crippen molar-refractivity contribution in [1.82, 2.24) is 4.90 Å². The van der Waals surface area contributed by atoms with Gasteiger partial charge in [0, 0.05) is 16.3 Å². The predicted molar refractivity (Wildman–Crippen MR) is 111 cm³/mol. The highest BCUT2D eigenvalue weighted by Gasteiger charge is 2.31. The lowest BCUT2D eigenvalue weighted by Crippen LogP contribution is -2.46. The second-order valence-corrected chi connectivity index (χ2v) is 8.24. The Morgan fingerprint density at radius 2 is 1.79 bits per heavy atom. The summed E-state index contributed by atoms with van der Waals surface area (Å²) < 4.78 is 11.7. The van der Waals surface area contributed by atoms with Gasteiger partial charge in [-0.25, -0.2) is 0 Å². The fourth-order valence-electron chi connectivity index (χ4n) is 3.28. The Bertz CT molecular complexity index is 938. The Balaban J connectivity index is 1.49. The number of carbonyl (C=O) groups excluding carboxylic acids is 1. The van der Waals surface area contributed by atoms with E-state index in [1.165, 1.54) is 15.3 Å². The molecule has 1 amide bonds. The first kappa shape index (κ1) is 18.6. The third-order valence-electron chi connectivity index (χ3n) is 4.75. The van der Waals surface area contributed by atoms with Gasteiger partial charge in [0.2, 0.25) is 6.10 Å². The smallest absolute Gasteiger partial charge is 0.267 e. The first-order valence-electron chi connectivity index (χ1n) is 9.45. The van der Waals surface area contributed by atoms with E-state index in [-0.39, 0.29) is 12.5 Å². The lowest BCUT2D eigenvalue weighted by Gasteiger charge is -2.30. The molecule has 0 bridgehead atoms. The molecule has 2 heterocycles. The van der Waals surface area contributed by atoms with Crippen molar-refractivity contribution in [2.75, 3.05) is 13.2 Å². The van der Waals surface area contributed by atoms with Gasteiger partial charge >= 0.3 is 0 Å². The first-order valence-corrected chi connectivity index (χ1v) is 10.3. The highest BCUT2D eigenvalue weighted by molar-refractivity contribution is 7.11. The summed E-state index contributed by atoms with van der Waals surface area (Å²) in [6.45, 7) is 3.55. The minimum Gasteiger partial charge on any atom is -0.485 e. The van der Waals surface area contributed by atoms with Crippen LogP contribution in [-0.4, -0.2) is 30.1 Å². The third-order valence-corrected chi connectivity index (χ3v) is 5.74. The van der Waals surface area contributed by atoms with Gasteiger partial charge in [0.1, 0.15) is 6.61 Å². The molecule has 0 aliphatic carbocycles. The predicted octanol–water partition coefficient (Wildman–Crippen LogP) is 4.47. The van der Waals surface area contributed by atoms with Crippen molar-refractivity contribution in [1.29, 1.82) is 0 Å². The van der Waals surface area contributed by atoms with E-state index < -0.39 is 6.10 Å². The van der Waals surface area contributed by atoms with Gasteiger partial charge in [-0.05, 0) is 43.2 Å². The molecule has 0 saturated heterocycles. The second-order valence-electron chi connectivity index (χ2n) is 6.87. The summed E-state index contributed by atoms with van der Waals surface area (Å²) in [4.78, 5) is 17.6. The monoisotopic (exact) mass is 393 g/mol. The number of nitrogens with zero attached hydrogens (tertiary/aromatic N) is 1. The lowest BCUT2D eigenvalue weighted by atomic mass is 10.1. The van der Waals surface area contributed by atoms with Crippen LogP contribution in [0.2, 0.25) is 0 Å². The number of hydrogen-bond donors (Lipinski definition) is 0. The Hall–Kier alpha value is -2.79. The molecule has 0 spiro atoms. The van der Waals surface area contributed by atoms with Gasteiger partial charge in [-0.3, -0.25) is 4.79 Å². The van der Waals surface area contributed by atoms with E-state index in [4.69, 9.17) is 9.47 Å². The molecule has 1 aliphatic rings. The molecule has 1 atom stereocenters. The van der Waals surface area contributed by atoms with Crippen molar-refractivity contribution in [3.63, 3.8) is 0 Å². The Kier molecular flexibility index (Phi) is 5.63. The van der Waals surface area contributed by atoms with Crippen molar-refractivity contribution in [3.8, 4) is 11.5 Å². The number of para-hydroxylation sites is 2. The van der Waals surface area contributed by atoms with Crippen LogP contribution < -0.4 is 9.47 Å². The van der Waals surface area contributed by atoms with Crippen molar-refractivity contribution >= 4 is 17.2 Å². The number of carbonyl (C=O) groups is 1. The van der Waals surface area contributed by atoms with E-state index in [2.05, 4.69) is 31.2 Å². The molecule has 0 unspecified atom stereocenters. The van der Waals surface area contributed by atoms with Crippen LogP contribution in [0.4, 0.5) is 0 Å². The number of hydrogen-bond acceptors (Lipinski definition) is 4. The first-order chi connectivity index (χ1) is 13.7. The molecule has 0 saturated carbocycles. The van der Waals surface area contributed by atoms with E-state index in [0.29, 0.717) is 24.6 Å². The van der Waals surface area contributed by atoms with E-state index in [0.717, 1.165) is 6.42 Å². The number of thiophene rings is 1. The topological polar surface area (TPSA) is 38.8 Å². The van der Waals surface area contributed by atoms with Crippen LogP contribution in [-0.2, 0) is 17.8 Å². The standard InChI is InChI=1S/C23H23NO3S/c1-17-11-12-19(28-17)15-24(14-13-18-7-3-2-4-8-18)23(25)22-16-26-20-9-5-6-10-21(20)27-22/h2-12,22H,13-16H2,1H3/t22-/m0/s1. The molecule has 28 heavy (non-hydrogen) atoms. The maximum atomic E-state index is 13.3. The molecule has 0 radical (unpaired) electrons. The van der Waals surface area contributed by atoms with Crippen molar-refractivity contribution in [3.05, 3.63) is 82.0 Å². The fraction of sp³-hybridized carbons (Fsp3) is 0.261. The molecule has 4 nitrogen and oxygen atoms in total. The molecular formula is C23H23NO3S. The molecule has 3 aromatic rings. The largest absolute Gasteiger partial charge is 0.485 e.